The Bertz CT molecular complexity index is 1150. The molecular formula is C18H15N3OS4. The number of aryl methyl sites for hydroxylation is 2. The summed E-state index contributed by atoms with van der Waals surface area (Å²) in [6, 6.07) is 2.09. The zero-order valence-electron chi connectivity index (χ0n) is 14.0. The van der Waals surface area contributed by atoms with Crippen LogP contribution in [0.2, 0.25) is 0 Å². The first-order valence-corrected chi connectivity index (χ1v) is 11.9. The van der Waals surface area contributed by atoms with Crippen molar-refractivity contribution in [2.45, 2.75) is 30.2 Å². The lowest BCUT2D eigenvalue weighted by Gasteiger charge is -2.06. The van der Waals surface area contributed by atoms with Crippen molar-refractivity contribution in [3.8, 4) is 10.6 Å². The minimum absolute atomic E-state index is 0.0918. The number of nitrogens with zero attached hydrogens (tertiary/aromatic N) is 3. The second kappa shape index (κ2) is 6.60. The molecule has 132 valence electrons. The van der Waals surface area contributed by atoms with Gasteiger partial charge in [-0.3, -0.25) is 9.36 Å². The van der Waals surface area contributed by atoms with E-state index in [9.17, 15) is 4.79 Å². The molecule has 0 radical (unpaired) electrons. The first kappa shape index (κ1) is 16.7. The van der Waals surface area contributed by atoms with Crippen molar-refractivity contribution in [2.24, 2.45) is 7.05 Å². The van der Waals surface area contributed by atoms with Crippen molar-refractivity contribution in [2.75, 3.05) is 0 Å². The van der Waals surface area contributed by atoms with E-state index in [1.54, 1.807) is 50.3 Å². The van der Waals surface area contributed by atoms with Crippen LogP contribution in [0.4, 0.5) is 0 Å². The van der Waals surface area contributed by atoms with E-state index in [0.29, 0.717) is 0 Å². The highest BCUT2D eigenvalue weighted by molar-refractivity contribution is 7.98. The van der Waals surface area contributed by atoms with Crippen LogP contribution in [-0.4, -0.2) is 14.5 Å². The Balaban J connectivity index is 1.43. The highest BCUT2D eigenvalue weighted by atomic mass is 32.2. The van der Waals surface area contributed by atoms with Crippen molar-refractivity contribution in [1.82, 2.24) is 14.5 Å². The topological polar surface area (TPSA) is 47.8 Å². The molecule has 0 amide bonds. The second-order valence-corrected chi connectivity index (χ2v) is 9.90. The third-order valence-electron chi connectivity index (χ3n) is 4.57. The first-order valence-electron chi connectivity index (χ1n) is 8.32. The van der Waals surface area contributed by atoms with Gasteiger partial charge in [0.1, 0.15) is 9.84 Å². The summed E-state index contributed by atoms with van der Waals surface area (Å²) in [7, 11) is 1.83. The van der Waals surface area contributed by atoms with Crippen molar-refractivity contribution < 1.29 is 0 Å². The number of rotatable bonds is 4. The molecule has 0 atom stereocenters. The molecule has 0 N–H and O–H groups in total. The lowest BCUT2D eigenvalue weighted by Crippen LogP contribution is -2.20. The van der Waals surface area contributed by atoms with E-state index in [-0.39, 0.29) is 5.56 Å². The number of fused-ring (bicyclic) bond motifs is 3. The minimum Gasteiger partial charge on any atom is -0.290 e. The van der Waals surface area contributed by atoms with E-state index in [4.69, 9.17) is 9.97 Å². The molecule has 0 saturated carbocycles. The molecule has 5 rings (SSSR count). The monoisotopic (exact) mass is 417 g/mol. The Labute approximate surface area is 166 Å². The smallest absolute Gasteiger partial charge is 0.262 e. The number of thiophene rings is 2. The van der Waals surface area contributed by atoms with Gasteiger partial charge in [0.2, 0.25) is 0 Å². The van der Waals surface area contributed by atoms with Gasteiger partial charge in [-0.2, -0.15) is 11.3 Å². The van der Waals surface area contributed by atoms with Gasteiger partial charge in [-0.05, 0) is 36.3 Å². The largest absolute Gasteiger partial charge is 0.290 e. The summed E-state index contributed by atoms with van der Waals surface area (Å²) in [5.41, 5.74) is 3.55. The maximum Gasteiger partial charge on any atom is 0.262 e. The van der Waals surface area contributed by atoms with Crippen molar-refractivity contribution >= 4 is 56.0 Å². The van der Waals surface area contributed by atoms with Gasteiger partial charge in [-0.25, -0.2) is 9.97 Å². The van der Waals surface area contributed by atoms with Gasteiger partial charge in [-0.15, -0.1) is 22.7 Å². The fourth-order valence-corrected chi connectivity index (χ4v) is 7.07. The van der Waals surface area contributed by atoms with E-state index in [1.807, 2.05) is 7.05 Å². The predicted molar refractivity (Wildman–Crippen MR) is 112 cm³/mol. The second-order valence-electron chi connectivity index (χ2n) is 6.24. The molecule has 26 heavy (non-hydrogen) atoms. The molecule has 4 nitrogen and oxygen atoms in total. The number of thiazole rings is 1. The summed E-state index contributed by atoms with van der Waals surface area (Å²) < 4.78 is 1.70. The van der Waals surface area contributed by atoms with Gasteiger partial charge in [0, 0.05) is 34.0 Å². The van der Waals surface area contributed by atoms with Crippen LogP contribution in [0.25, 0.3) is 20.8 Å². The van der Waals surface area contributed by atoms with Crippen LogP contribution >= 0.6 is 45.8 Å². The molecule has 0 unspecified atom stereocenters. The summed E-state index contributed by atoms with van der Waals surface area (Å²) in [4.78, 5) is 24.6. The molecule has 0 fully saturated rings. The number of thioether (sulfide) groups is 1. The molecule has 4 aromatic rings. The molecule has 1 aliphatic rings. The normalized spacial score (nSPS) is 13.6. The Morgan fingerprint density at radius 1 is 1.27 bits per heavy atom. The third kappa shape index (κ3) is 2.76. The fourth-order valence-electron chi connectivity index (χ4n) is 3.27. The third-order valence-corrected chi connectivity index (χ3v) is 8.45. The molecular weight excluding hydrogens is 402 g/mol. The van der Waals surface area contributed by atoms with Crippen LogP contribution in [0.3, 0.4) is 0 Å². The molecule has 0 aliphatic heterocycles. The van der Waals surface area contributed by atoms with E-state index in [1.165, 1.54) is 16.0 Å². The van der Waals surface area contributed by atoms with Crippen LogP contribution in [-0.2, 0) is 25.6 Å². The Hall–Kier alpha value is -1.48. The molecule has 4 aromatic heterocycles. The molecule has 8 heteroatoms. The van der Waals surface area contributed by atoms with Crippen molar-refractivity contribution in [1.29, 1.82) is 0 Å². The fraction of sp³-hybridized carbons (Fsp3) is 0.278. The predicted octanol–water partition coefficient (Wildman–Crippen LogP) is 4.96. The molecule has 0 saturated heterocycles. The molecule has 0 bridgehead atoms. The summed E-state index contributed by atoms with van der Waals surface area (Å²) >= 11 is 6.63. The highest BCUT2D eigenvalue weighted by Gasteiger charge is 2.22. The number of hydrogen-bond acceptors (Lipinski definition) is 7. The van der Waals surface area contributed by atoms with Crippen LogP contribution in [0.15, 0.2) is 32.2 Å². The number of aromatic nitrogens is 3. The summed E-state index contributed by atoms with van der Waals surface area (Å²) in [5.74, 6) is 0.720. The van der Waals surface area contributed by atoms with Crippen LogP contribution in [0, 0.1) is 0 Å². The Morgan fingerprint density at radius 2 is 2.19 bits per heavy atom. The van der Waals surface area contributed by atoms with Crippen molar-refractivity contribution in [3.63, 3.8) is 0 Å². The van der Waals surface area contributed by atoms with Gasteiger partial charge in [0.05, 0.1) is 11.1 Å². The van der Waals surface area contributed by atoms with E-state index in [2.05, 4.69) is 22.2 Å². The van der Waals surface area contributed by atoms with Gasteiger partial charge >= 0.3 is 0 Å². The SMILES string of the molecule is Cn1c(SCc2csc(-c3ccsc3)n2)nc2sc3c(c2c1=O)CCC3. The lowest BCUT2D eigenvalue weighted by atomic mass is 10.2. The maximum atomic E-state index is 12.8. The van der Waals surface area contributed by atoms with Gasteiger partial charge in [0.25, 0.3) is 5.56 Å². The van der Waals surface area contributed by atoms with E-state index < -0.39 is 0 Å². The van der Waals surface area contributed by atoms with Crippen LogP contribution in [0.1, 0.15) is 22.6 Å². The van der Waals surface area contributed by atoms with Crippen LogP contribution < -0.4 is 5.56 Å². The van der Waals surface area contributed by atoms with Crippen molar-refractivity contribution in [3.05, 3.63) is 48.7 Å². The van der Waals surface area contributed by atoms with Gasteiger partial charge in [0.15, 0.2) is 5.16 Å². The number of hydrogen-bond donors (Lipinski definition) is 0. The molecule has 4 heterocycles. The summed E-state index contributed by atoms with van der Waals surface area (Å²) in [6.45, 7) is 0. The zero-order chi connectivity index (χ0) is 17.7. The van der Waals surface area contributed by atoms with Gasteiger partial charge in [-0.1, -0.05) is 11.8 Å². The molecule has 1 aliphatic carbocycles. The minimum atomic E-state index is 0.0918. The highest BCUT2D eigenvalue weighted by Crippen LogP contribution is 2.36. The standard InChI is InChI=1S/C18H15N3OS4/c1-21-17(22)14-12-3-2-4-13(12)26-16(14)20-18(21)25-9-11-8-24-15(19-11)10-5-6-23-7-10/h5-8H,2-4,9H2,1H3. The molecule has 0 aromatic carbocycles. The van der Waals surface area contributed by atoms with E-state index >= 15 is 0 Å². The molecule has 0 spiro atoms. The zero-order valence-corrected chi connectivity index (χ0v) is 17.3. The average Bonchev–Trinajstić information content (AvgIpc) is 3.40. The Kier molecular flexibility index (Phi) is 4.23. The summed E-state index contributed by atoms with van der Waals surface area (Å²) in [6.07, 6.45) is 3.27. The van der Waals surface area contributed by atoms with Crippen LogP contribution in [0.5, 0.6) is 0 Å². The van der Waals surface area contributed by atoms with Gasteiger partial charge < -0.3 is 0 Å². The quantitative estimate of drug-likeness (QED) is 0.348. The first-order chi connectivity index (χ1) is 12.7. The average molecular weight is 418 g/mol. The maximum absolute atomic E-state index is 12.8. The van der Waals surface area contributed by atoms with E-state index in [0.717, 1.165) is 51.1 Å². The lowest BCUT2D eigenvalue weighted by molar-refractivity contribution is 0.726. The summed E-state index contributed by atoms with van der Waals surface area (Å²) in [5, 5.41) is 8.95. The Morgan fingerprint density at radius 3 is 3.04 bits per heavy atom.